The van der Waals surface area contributed by atoms with E-state index in [1.54, 1.807) is 0 Å². The quantitative estimate of drug-likeness (QED) is 0.635. The Kier molecular flexibility index (Phi) is 2.57. The molecule has 0 bridgehead atoms. The van der Waals surface area contributed by atoms with Gasteiger partial charge in [0.15, 0.2) is 5.25 Å². The number of halogens is 3. The van der Waals surface area contributed by atoms with Crippen LogP contribution in [0.1, 0.15) is 6.42 Å². The number of hydrogen-bond donors (Lipinski definition) is 1. The molecular weight excluding hydrogens is 247 g/mol. The molecule has 14 heavy (non-hydrogen) atoms. The maximum atomic E-state index is 12.1. The van der Waals surface area contributed by atoms with E-state index in [1.165, 1.54) is 0 Å². The van der Waals surface area contributed by atoms with Crippen LogP contribution in [0.3, 0.4) is 0 Å². The van der Waals surface area contributed by atoms with Gasteiger partial charge in [-0.3, -0.25) is 0 Å². The van der Waals surface area contributed by atoms with Crippen LogP contribution < -0.4 is 4.13 Å². The Hall–Kier alpha value is -0.350. The molecule has 0 aliphatic carbocycles. The molecule has 84 valence electrons. The Bertz CT molecular complexity index is 422. The molecule has 0 aromatic carbocycles. The van der Waals surface area contributed by atoms with Gasteiger partial charge >= 0.3 is 6.18 Å². The number of alkyl halides is 3. The first-order valence-electron chi connectivity index (χ1n) is 3.36. The molecule has 0 aromatic heterocycles. The number of rotatable bonds is 0. The van der Waals surface area contributed by atoms with Gasteiger partial charge in [-0.1, -0.05) is 0 Å². The van der Waals surface area contributed by atoms with Crippen molar-refractivity contribution in [2.24, 2.45) is 0 Å². The number of sulfonamides is 2. The van der Waals surface area contributed by atoms with Crippen LogP contribution in [-0.4, -0.2) is 34.0 Å². The maximum absolute atomic E-state index is 12.1. The van der Waals surface area contributed by atoms with Crippen LogP contribution in [0.5, 0.6) is 0 Å². The fourth-order valence-corrected chi connectivity index (χ4v) is 4.72. The van der Waals surface area contributed by atoms with Crippen molar-refractivity contribution in [1.82, 2.24) is 4.13 Å². The highest BCUT2D eigenvalue weighted by molar-refractivity contribution is 8.05. The summed E-state index contributed by atoms with van der Waals surface area (Å²) in [5, 5.41) is -2.64. The summed E-state index contributed by atoms with van der Waals surface area (Å²) in [7, 11) is -8.97. The highest BCUT2D eigenvalue weighted by Gasteiger charge is 2.52. The van der Waals surface area contributed by atoms with E-state index in [4.69, 9.17) is 0 Å². The monoisotopic (exact) mass is 253 g/mol. The number of nitrogens with one attached hydrogen (secondary N) is 1. The van der Waals surface area contributed by atoms with E-state index >= 15 is 0 Å². The summed E-state index contributed by atoms with van der Waals surface area (Å²) in [6.45, 7) is 0. The predicted octanol–water partition coefficient (Wildman–Crippen LogP) is -0.430. The second-order valence-electron chi connectivity index (χ2n) is 2.77. The lowest BCUT2D eigenvalue weighted by atomic mass is 10.3. The summed E-state index contributed by atoms with van der Waals surface area (Å²) in [4.78, 5) is 0. The van der Waals surface area contributed by atoms with Crippen LogP contribution in [0.2, 0.25) is 0 Å². The van der Waals surface area contributed by atoms with Gasteiger partial charge in [0.05, 0.1) is 5.75 Å². The van der Waals surface area contributed by atoms with Gasteiger partial charge in [0, 0.05) is 0 Å². The molecule has 1 saturated heterocycles. The molecule has 1 unspecified atom stereocenters. The minimum absolute atomic E-state index is 0.837. The van der Waals surface area contributed by atoms with Crippen LogP contribution in [0.4, 0.5) is 13.2 Å². The Morgan fingerprint density at radius 3 is 2.00 bits per heavy atom. The third-order valence-corrected chi connectivity index (χ3v) is 5.60. The maximum Gasteiger partial charge on any atom is 0.406 e. The minimum atomic E-state index is -4.94. The first-order valence-corrected chi connectivity index (χ1v) is 6.56. The SMILES string of the molecule is O=S1(=O)CCC(C(F)(F)F)S(=O)(=O)N1. The van der Waals surface area contributed by atoms with Crippen LogP contribution in [0.25, 0.3) is 0 Å². The van der Waals surface area contributed by atoms with Crippen molar-refractivity contribution in [2.75, 3.05) is 5.75 Å². The standard InChI is InChI=1S/C4H6F3NO4S2/c5-4(6,7)3-1-2-13(9,10)8-14(3,11)12/h3,8H,1-2H2. The van der Waals surface area contributed by atoms with Gasteiger partial charge in [-0.05, 0) is 6.42 Å². The first-order chi connectivity index (χ1) is 6.05. The van der Waals surface area contributed by atoms with Crippen molar-refractivity contribution >= 4 is 20.0 Å². The van der Waals surface area contributed by atoms with Crippen molar-refractivity contribution in [3.8, 4) is 0 Å². The van der Waals surface area contributed by atoms with E-state index in [1.807, 2.05) is 0 Å². The number of hydrogen-bond acceptors (Lipinski definition) is 4. The fraction of sp³-hybridized carbons (Fsp3) is 1.00. The molecule has 0 amide bonds. The van der Waals surface area contributed by atoms with E-state index in [0.717, 1.165) is 4.13 Å². The molecule has 1 N–H and O–H groups in total. The van der Waals surface area contributed by atoms with Gasteiger partial charge < -0.3 is 0 Å². The second-order valence-corrected chi connectivity index (χ2v) is 6.73. The Balaban J connectivity index is 3.08. The summed E-state index contributed by atoms with van der Waals surface area (Å²) in [6, 6.07) is 0. The summed E-state index contributed by atoms with van der Waals surface area (Å²) >= 11 is 0. The van der Waals surface area contributed by atoms with E-state index in [9.17, 15) is 30.0 Å². The molecule has 1 heterocycles. The molecule has 0 spiro atoms. The van der Waals surface area contributed by atoms with Crippen molar-refractivity contribution < 1.29 is 30.0 Å². The van der Waals surface area contributed by atoms with Gasteiger partial charge in [0.2, 0.25) is 20.0 Å². The normalized spacial score (nSPS) is 31.2. The minimum Gasteiger partial charge on any atom is -0.211 e. The van der Waals surface area contributed by atoms with Gasteiger partial charge in [-0.25, -0.2) is 16.8 Å². The Labute approximate surface area is 78.4 Å². The Morgan fingerprint density at radius 2 is 1.64 bits per heavy atom. The molecule has 1 atom stereocenters. The molecule has 1 rings (SSSR count). The zero-order valence-corrected chi connectivity index (χ0v) is 8.21. The summed E-state index contributed by atoms with van der Waals surface area (Å²) < 4.78 is 80.3. The van der Waals surface area contributed by atoms with Crippen molar-refractivity contribution in [3.05, 3.63) is 0 Å². The molecule has 10 heteroatoms. The van der Waals surface area contributed by atoms with E-state index in [2.05, 4.69) is 0 Å². The van der Waals surface area contributed by atoms with E-state index in [0.29, 0.717) is 0 Å². The molecule has 1 aliphatic heterocycles. The lowest BCUT2D eigenvalue weighted by Gasteiger charge is -2.24. The van der Waals surface area contributed by atoms with Crippen molar-refractivity contribution in [3.63, 3.8) is 0 Å². The summed E-state index contributed by atoms with van der Waals surface area (Å²) in [5.41, 5.74) is 0. The third kappa shape index (κ3) is 2.36. The zero-order chi connectivity index (χ0) is 11.2. The van der Waals surface area contributed by atoms with Crippen LogP contribution in [-0.2, 0) is 20.0 Å². The van der Waals surface area contributed by atoms with Crippen molar-refractivity contribution in [2.45, 2.75) is 17.8 Å². The summed E-state index contributed by atoms with van der Waals surface area (Å²) in [5.74, 6) is -0.837. The van der Waals surface area contributed by atoms with Gasteiger partial charge in [-0.15, -0.1) is 4.13 Å². The smallest absolute Gasteiger partial charge is 0.211 e. The van der Waals surface area contributed by atoms with Gasteiger partial charge in [-0.2, -0.15) is 13.2 Å². The molecule has 1 fully saturated rings. The van der Waals surface area contributed by atoms with Crippen LogP contribution >= 0.6 is 0 Å². The molecule has 0 aromatic rings. The first kappa shape index (κ1) is 11.7. The largest absolute Gasteiger partial charge is 0.406 e. The van der Waals surface area contributed by atoms with Crippen LogP contribution in [0, 0.1) is 0 Å². The zero-order valence-electron chi connectivity index (χ0n) is 6.57. The van der Waals surface area contributed by atoms with E-state index in [-0.39, 0.29) is 0 Å². The van der Waals surface area contributed by atoms with Gasteiger partial charge in [0.1, 0.15) is 0 Å². The predicted molar refractivity (Wildman–Crippen MR) is 40.3 cm³/mol. The molecule has 1 aliphatic rings. The molecule has 0 radical (unpaired) electrons. The van der Waals surface area contributed by atoms with Gasteiger partial charge in [0.25, 0.3) is 0 Å². The lowest BCUT2D eigenvalue weighted by Crippen LogP contribution is -2.51. The highest BCUT2D eigenvalue weighted by atomic mass is 32.3. The second kappa shape index (κ2) is 3.07. The van der Waals surface area contributed by atoms with Crippen LogP contribution in [0.15, 0.2) is 0 Å². The third-order valence-electron chi connectivity index (χ3n) is 1.63. The molecular formula is C4H6F3NO4S2. The lowest BCUT2D eigenvalue weighted by molar-refractivity contribution is -0.130. The topological polar surface area (TPSA) is 80.3 Å². The average Bonchev–Trinajstić information content (AvgIpc) is 1.76. The highest BCUT2D eigenvalue weighted by Crippen LogP contribution is 2.30. The molecule has 0 saturated carbocycles. The fourth-order valence-electron chi connectivity index (χ4n) is 1.03. The summed E-state index contributed by atoms with van der Waals surface area (Å²) in [6.07, 6.45) is -5.90. The average molecular weight is 253 g/mol. The molecule has 5 nitrogen and oxygen atoms in total. The van der Waals surface area contributed by atoms with E-state index < -0.39 is 43.6 Å². The van der Waals surface area contributed by atoms with Crippen molar-refractivity contribution in [1.29, 1.82) is 0 Å². The Morgan fingerprint density at radius 1 is 1.14 bits per heavy atom.